The second-order valence-electron chi connectivity index (χ2n) is 10.0. The van der Waals surface area contributed by atoms with E-state index < -0.39 is 71.8 Å². The molecule has 222 valence electrons. The van der Waals surface area contributed by atoms with E-state index in [1.165, 1.54) is 35.0 Å². The van der Waals surface area contributed by atoms with Gasteiger partial charge in [-0.2, -0.15) is 5.26 Å². The number of nitrogens with zero attached hydrogens (tertiary/aromatic N) is 5. The first-order valence-corrected chi connectivity index (χ1v) is 14.0. The zero-order chi connectivity index (χ0) is 30.3. The summed E-state index contributed by atoms with van der Waals surface area (Å²) in [6.07, 6.45) is -3.86. The summed E-state index contributed by atoms with van der Waals surface area (Å²) < 4.78 is 41.1. The molecule has 3 N–H and O–H groups in total. The number of aromatic nitrogens is 3. The lowest BCUT2D eigenvalue weighted by atomic mass is 9.85. The van der Waals surface area contributed by atoms with Gasteiger partial charge in [-0.1, -0.05) is 32.7 Å². The Kier molecular flexibility index (Phi) is 8.91. The largest absolute Gasteiger partial charge is 0.394 e. The molecule has 7 atom stereocenters. The molecule has 1 aromatic heterocycles. The predicted octanol–water partition coefficient (Wildman–Crippen LogP) is 2.74. The van der Waals surface area contributed by atoms with Crippen LogP contribution < -0.4 is 4.90 Å². The van der Waals surface area contributed by atoms with E-state index in [1.54, 1.807) is 12.1 Å². The van der Waals surface area contributed by atoms with Gasteiger partial charge in [0.15, 0.2) is 17.7 Å². The minimum atomic E-state index is -1.44. The van der Waals surface area contributed by atoms with Crippen LogP contribution in [0.2, 0.25) is 5.02 Å². The van der Waals surface area contributed by atoms with Gasteiger partial charge in [-0.05, 0) is 43.2 Å². The van der Waals surface area contributed by atoms with Crippen LogP contribution in [0.4, 0.5) is 14.5 Å². The average molecular weight is 669 g/mol. The van der Waals surface area contributed by atoms with E-state index >= 15 is 0 Å². The smallest absolute Gasteiger partial charge is 0.259 e. The first-order valence-electron chi connectivity index (χ1n) is 12.8. The van der Waals surface area contributed by atoms with Crippen LogP contribution in [-0.4, -0.2) is 86.5 Å². The molecule has 1 saturated carbocycles. The van der Waals surface area contributed by atoms with Crippen LogP contribution in [0, 0.1) is 23.0 Å². The second kappa shape index (κ2) is 12.3. The number of carbonyl (C=O) groups excluding carboxylic acids is 1. The van der Waals surface area contributed by atoms with E-state index in [1.807, 2.05) is 6.07 Å². The fourth-order valence-electron chi connectivity index (χ4n) is 5.28. The number of carbonyl (C=O) groups is 1. The van der Waals surface area contributed by atoms with E-state index in [-0.39, 0.29) is 16.8 Å². The number of amides is 1. The maximum absolute atomic E-state index is 14.2. The van der Waals surface area contributed by atoms with Crippen LogP contribution in [0.1, 0.15) is 24.4 Å². The molecule has 11 nitrogen and oxygen atoms in total. The van der Waals surface area contributed by atoms with E-state index in [4.69, 9.17) is 21.1 Å². The minimum Gasteiger partial charge on any atom is -0.394 e. The summed E-state index contributed by atoms with van der Waals surface area (Å²) in [5.41, 5.74) is 0.799. The number of benzene rings is 2. The number of rotatable bonds is 7. The summed E-state index contributed by atoms with van der Waals surface area (Å²) in [5.74, 6) is -3.05. The summed E-state index contributed by atoms with van der Waals surface area (Å²) in [4.78, 5) is 15.6. The van der Waals surface area contributed by atoms with Gasteiger partial charge >= 0.3 is 0 Å². The van der Waals surface area contributed by atoms with Gasteiger partial charge in [0, 0.05) is 22.8 Å². The third-order valence-corrected chi connectivity index (χ3v) is 8.27. The van der Waals surface area contributed by atoms with Crippen molar-refractivity contribution in [2.24, 2.45) is 0 Å². The van der Waals surface area contributed by atoms with Crippen molar-refractivity contribution in [2.45, 2.75) is 55.4 Å². The number of aliphatic hydroxyl groups is 3. The van der Waals surface area contributed by atoms with E-state index in [9.17, 15) is 34.2 Å². The third-order valence-electron chi connectivity index (χ3n) is 7.54. The Morgan fingerprint density at radius 1 is 1.29 bits per heavy atom. The van der Waals surface area contributed by atoms with Crippen LogP contribution in [0.25, 0.3) is 11.3 Å². The summed E-state index contributed by atoms with van der Waals surface area (Å²) in [6.45, 7) is -0.667. The highest BCUT2D eigenvalue weighted by Gasteiger charge is 2.52. The lowest BCUT2D eigenvalue weighted by Crippen LogP contribution is -2.64. The number of halogens is 4. The summed E-state index contributed by atoms with van der Waals surface area (Å²) in [6, 6.07) is 7.04. The van der Waals surface area contributed by atoms with Crippen LogP contribution in [0.5, 0.6) is 0 Å². The molecular formula is C27H25BrClF2N5O6. The Hall–Kier alpha value is -3.03. The maximum atomic E-state index is 14.2. The summed E-state index contributed by atoms with van der Waals surface area (Å²) in [7, 11) is 1.30. The molecule has 0 bridgehead atoms. The Morgan fingerprint density at radius 2 is 2.05 bits per heavy atom. The molecule has 2 aromatic carbocycles. The molecule has 1 aliphatic carbocycles. The van der Waals surface area contributed by atoms with E-state index in [2.05, 4.69) is 26.2 Å². The Bertz CT molecular complexity index is 1520. The minimum absolute atomic E-state index is 0.0881. The number of hydrogen-bond acceptors (Lipinski definition) is 9. The highest BCUT2D eigenvalue weighted by Crippen LogP contribution is 2.38. The number of methoxy groups -OCH3 is 1. The second-order valence-corrected chi connectivity index (χ2v) is 11.3. The highest BCUT2D eigenvalue weighted by molar-refractivity contribution is 9.10. The maximum Gasteiger partial charge on any atom is 0.259 e. The van der Waals surface area contributed by atoms with Gasteiger partial charge < -0.3 is 29.7 Å². The molecule has 2 aliphatic rings. The van der Waals surface area contributed by atoms with E-state index in [0.29, 0.717) is 23.0 Å². The number of hydrogen-bond donors (Lipinski definition) is 3. The molecule has 5 rings (SSSR count). The quantitative estimate of drug-likeness (QED) is 0.323. The van der Waals surface area contributed by atoms with Crippen molar-refractivity contribution < 1.29 is 38.4 Å². The topological polar surface area (TPSA) is 154 Å². The zero-order valence-corrected chi connectivity index (χ0v) is 24.3. The molecule has 0 spiro atoms. The number of anilines is 1. The standard InChI is InChI=1S/C27H25BrClF2N5O6/c1-41-25-23(35-10-18(33-34-35)13-6-16(29)22(31)17(30)7-13)24(39)21(11-37)42-26(25)27(40)36(19-2-3-20(19)38)15-5-12(9-32)4-14(28)8-15/h4-8,10,19-21,23-26,37-39H,2-3,11H2,1H3/t19-,20-,21-,23+,24+,25-,26-/m1/s1. The van der Waals surface area contributed by atoms with Gasteiger partial charge in [0.25, 0.3) is 5.91 Å². The zero-order valence-electron chi connectivity index (χ0n) is 21.9. The van der Waals surface area contributed by atoms with Gasteiger partial charge in [0.2, 0.25) is 0 Å². The van der Waals surface area contributed by atoms with Gasteiger partial charge in [-0.15, -0.1) is 5.10 Å². The third kappa shape index (κ3) is 5.53. The van der Waals surface area contributed by atoms with Crippen molar-refractivity contribution in [3.8, 4) is 17.3 Å². The Labute approximate surface area is 251 Å². The molecule has 2 fully saturated rings. The highest BCUT2D eigenvalue weighted by atomic mass is 79.9. The molecule has 1 saturated heterocycles. The van der Waals surface area contributed by atoms with Crippen LogP contribution in [-0.2, 0) is 14.3 Å². The van der Waals surface area contributed by atoms with Crippen molar-refractivity contribution in [1.29, 1.82) is 5.26 Å². The van der Waals surface area contributed by atoms with Crippen LogP contribution in [0.3, 0.4) is 0 Å². The lowest BCUT2D eigenvalue weighted by molar-refractivity contribution is -0.211. The van der Waals surface area contributed by atoms with Crippen molar-refractivity contribution >= 4 is 39.1 Å². The number of nitriles is 1. The predicted molar refractivity (Wildman–Crippen MR) is 147 cm³/mol. The lowest BCUT2D eigenvalue weighted by Gasteiger charge is -2.47. The molecule has 1 aliphatic heterocycles. The summed E-state index contributed by atoms with van der Waals surface area (Å²) >= 11 is 9.15. The van der Waals surface area contributed by atoms with Crippen molar-refractivity contribution in [3.05, 3.63) is 63.2 Å². The first-order chi connectivity index (χ1) is 20.1. The normalized spacial score (nSPS) is 27.3. The SMILES string of the molecule is CO[C@@H]1[C@@H](n2cc(-c3cc(F)c(F)c(Cl)c3)nn2)[C@@H](O)[C@@H](CO)O[C@H]1C(=O)N(c1cc(Br)cc(C#N)c1)[C@@H]1CC[C@H]1O. The van der Waals surface area contributed by atoms with Crippen molar-refractivity contribution in [1.82, 2.24) is 15.0 Å². The molecular weight excluding hydrogens is 644 g/mol. The number of aliphatic hydroxyl groups excluding tert-OH is 3. The summed E-state index contributed by atoms with van der Waals surface area (Å²) in [5, 5.41) is 48.8. The monoisotopic (exact) mass is 667 g/mol. The number of ether oxygens (including phenoxy) is 2. The molecule has 1 amide bonds. The average Bonchev–Trinajstić information content (AvgIpc) is 3.46. The van der Waals surface area contributed by atoms with Crippen LogP contribution in [0.15, 0.2) is 41.0 Å². The molecule has 15 heteroatoms. The van der Waals surface area contributed by atoms with Crippen molar-refractivity contribution in [2.75, 3.05) is 18.6 Å². The molecule has 2 heterocycles. The molecule has 0 unspecified atom stereocenters. The molecule has 0 radical (unpaired) electrons. The van der Waals surface area contributed by atoms with Crippen molar-refractivity contribution in [3.63, 3.8) is 0 Å². The van der Waals surface area contributed by atoms with Gasteiger partial charge in [0.05, 0.1) is 41.6 Å². The van der Waals surface area contributed by atoms with Gasteiger partial charge in [-0.3, -0.25) is 4.79 Å². The fraction of sp³-hybridized carbons (Fsp3) is 0.407. The molecule has 3 aromatic rings. The van der Waals surface area contributed by atoms with E-state index in [0.717, 1.165) is 6.07 Å². The fourth-order valence-corrected chi connectivity index (χ4v) is 5.97. The Morgan fingerprint density at radius 3 is 2.64 bits per heavy atom. The van der Waals surface area contributed by atoms with Gasteiger partial charge in [-0.25, -0.2) is 13.5 Å². The molecule has 42 heavy (non-hydrogen) atoms. The van der Waals surface area contributed by atoms with Crippen LogP contribution >= 0.6 is 27.5 Å². The Balaban J connectivity index is 1.54. The first kappa shape index (κ1) is 30.4. The van der Waals surface area contributed by atoms with Gasteiger partial charge in [0.1, 0.15) is 30.0 Å².